The Morgan fingerprint density at radius 2 is 1.82 bits per heavy atom. The lowest BCUT2D eigenvalue weighted by Gasteiger charge is -2.15. The van der Waals surface area contributed by atoms with E-state index < -0.39 is 0 Å². The third-order valence-electron chi connectivity index (χ3n) is 5.52. The zero-order chi connectivity index (χ0) is 22.6. The second-order valence-electron chi connectivity index (χ2n) is 7.79. The molecule has 0 aliphatic heterocycles. The number of allylic oxidation sites excluding steroid dienone is 4. The molecule has 0 fully saturated rings. The first-order chi connectivity index (χ1) is 16.2. The molecule has 0 N–H and O–H groups in total. The van der Waals surface area contributed by atoms with Gasteiger partial charge in [0.15, 0.2) is 11.5 Å². The molecule has 2 aromatic heterocycles. The van der Waals surface area contributed by atoms with E-state index in [-0.39, 0.29) is 0 Å². The van der Waals surface area contributed by atoms with E-state index >= 15 is 0 Å². The molecular weight excluding hydrogens is 412 g/mol. The molecule has 4 aromatic rings. The molecule has 2 heterocycles. The minimum Gasteiger partial charge on any atom is -0.493 e. The van der Waals surface area contributed by atoms with E-state index in [4.69, 9.17) is 14.2 Å². The van der Waals surface area contributed by atoms with Crippen LogP contribution in [0.25, 0.3) is 21.8 Å². The van der Waals surface area contributed by atoms with Crippen molar-refractivity contribution in [1.82, 2.24) is 9.97 Å². The van der Waals surface area contributed by atoms with Crippen LogP contribution in [0.1, 0.15) is 12.1 Å². The first-order valence-electron chi connectivity index (χ1n) is 10.9. The minimum absolute atomic E-state index is 0.445. The van der Waals surface area contributed by atoms with Crippen molar-refractivity contribution in [3.63, 3.8) is 0 Å². The molecule has 5 rings (SSSR count). The van der Waals surface area contributed by atoms with Crippen LogP contribution in [0.2, 0.25) is 0 Å². The molecule has 33 heavy (non-hydrogen) atoms. The fourth-order valence-electron chi connectivity index (χ4n) is 3.79. The number of hydrogen-bond donors (Lipinski definition) is 0. The van der Waals surface area contributed by atoms with Crippen molar-refractivity contribution in [3.05, 3.63) is 96.4 Å². The first kappa shape index (κ1) is 20.8. The number of pyridine rings is 2. The summed E-state index contributed by atoms with van der Waals surface area (Å²) in [5.41, 5.74) is 3.62. The number of aryl methyl sites for hydroxylation is 1. The van der Waals surface area contributed by atoms with Gasteiger partial charge in [-0.1, -0.05) is 48.6 Å². The number of fused-ring (bicyclic) bond motifs is 2. The topological polar surface area (TPSA) is 53.5 Å². The van der Waals surface area contributed by atoms with Gasteiger partial charge in [0, 0.05) is 23.0 Å². The molecular formula is C28H24N2O3. The molecule has 5 nitrogen and oxygen atoms in total. The normalized spacial score (nSPS) is 13.1. The zero-order valence-electron chi connectivity index (χ0n) is 18.6. The highest BCUT2D eigenvalue weighted by Gasteiger charge is 2.14. The maximum atomic E-state index is 6.31. The molecule has 0 radical (unpaired) electrons. The Kier molecular flexibility index (Phi) is 5.77. The van der Waals surface area contributed by atoms with Crippen LogP contribution in [-0.2, 0) is 0 Å². The van der Waals surface area contributed by atoms with Crippen LogP contribution in [0, 0.1) is 6.92 Å². The smallest absolute Gasteiger partial charge is 0.163 e. The zero-order valence-corrected chi connectivity index (χ0v) is 18.6. The maximum absolute atomic E-state index is 6.31. The predicted molar refractivity (Wildman–Crippen MR) is 131 cm³/mol. The third-order valence-corrected chi connectivity index (χ3v) is 5.52. The van der Waals surface area contributed by atoms with Crippen molar-refractivity contribution in [3.8, 4) is 23.0 Å². The molecule has 0 saturated carbocycles. The Labute approximate surface area is 192 Å². The Morgan fingerprint density at radius 1 is 0.909 bits per heavy atom. The highest BCUT2D eigenvalue weighted by molar-refractivity contribution is 5.88. The van der Waals surface area contributed by atoms with Crippen LogP contribution in [0.4, 0.5) is 0 Å². The van der Waals surface area contributed by atoms with Crippen molar-refractivity contribution in [2.24, 2.45) is 0 Å². The highest BCUT2D eigenvalue weighted by atomic mass is 16.5. The summed E-state index contributed by atoms with van der Waals surface area (Å²) in [4.78, 5) is 9.20. The monoisotopic (exact) mass is 436 g/mol. The summed E-state index contributed by atoms with van der Waals surface area (Å²) >= 11 is 0. The SMILES string of the molecule is COc1cc2c(Oc3cc4ccccc4nc3C)ccnc2cc1OCC1=CC=CCC=C1. The summed E-state index contributed by atoms with van der Waals surface area (Å²) in [6.07, 6.45) is 13.1. The molecule has 0 amide bonds. The third kappa shape index (κ3) is 4.44. The molecule has 0 bridgehead atoms. The average Bonchev–Trinajstić information content (AvgIpc) is 3.12. The second kappa shape index (κ2) is 9.17. The predicted octanol–water partition coefficient (Wildman–Crippen LogP) is 6.71. The second-order valence-corrected chi connectivity index (χ2v) is 7.79. The van der Waals surface area contributed by atoms with Crippen LogP contribution < -0.4 is 14.2 Å². The standard InChI is InChI=1S/C28H24N2O3/c1-19-26(15-21-11-7-8-12-23(21)30-19)33-25-13-14-29-24-17-28(27(31-2)16-22(24)25)32-18-20-9-5-3-4-6-10-20/h3,5-17H,4,18H2,1-2H3. The summed E-state index contributed by atoms with van der Waals surface area (Å²) in [5, 5.41) is 1.87. The summed E-state index contributed by atoms with van der Waals surface area (Å²) in [6, 6.07) is 15.7. The van der Waals surface area contributed by atoms with Crippen LogP contribution >= 0.6 is 0 Å². The van der Waals surface area contributed by atoms with Crippen LogP contribution in [-0.4, -0.2) is 23.7 Å². The number of methoxy groups -OCH3 is 1. The van der Waals surface area contributed by atoms with Crippen molar-refractivity contribution in [2.45, 2.75) is 13.3 Å². The number of benzene rings is 2. The number of ether oxygens (including phenoxy) is 3. The molecule has 0 unspecified atom stereocenters. The number of rotatable bonds is 6. The van der Waals surface area contributed by atoms with E-state index in [1.807, 2.05) is 61.5 Å². The van der Waals surface area contributed by atoms with Gasteiger partial charge in [-0.3, -0.25) is 4.98 Å². The minimum atomic E-state index is 0.445. The summed E-state index contributed by atoms with van der Waals surface area (Å²) < 4.78 is 18.0. The van der Waals surface area contributed by atoms with Crippen LogP contribution in [0.3, 0.4) is 0 Å². The number of aromatic nitrogens is 2. The van der Waals surface area contributed by atoms with Gasteiger partial charge in [-0.25, -0.2) is 4.98 Å². The Morgan fingerprint density at radius 3 is 2.73 bits per heavy atom. The summed E-state index contributed by atoms with van der Waals surface area (Å²) in [7, 11) is 1.63. The van der Waals surface area contributed by atoms with Gasteiger partial charge < -0.3 is 14.2 Å². The fraction of sp³-hybridized carbons (Fsp3) is 0.143. The fourth-order valence-corrected chi connectivity index (χ4v) is 3.79. The maximum Gasteiger partial charge on any atom is 0.163 e. The van der Waals surface area contributed by atoms with Gasteiger partial charge in [0.05, 0.1) is 23.8 Å². The number of nitrogens with zero attached hydrogens (tertiary/aromatic N) is 2. The molecule has 1 aliphatic rings. The first-order valence-corrected chi connectivity index (χ1v) is 10.9. The van der Waals surface area contributed by atoms with Gasteiger partial charge in [-0.05, 0) is 43.2 Å². The van der Waals surface area contributed by atoms with E-state index in [0.717, 1.165) is 39.5 Å². The molecule has 2 aromatic carbocycles. The molecule has 1 aliphatic carbocycles. The Hall–Kier alpha value is -4.12. The van der Waals surface area contributed by atoms with E-state index in [1.54, 1.807) is 13.3 Å². The van der Waals surface area contributed by atoms with E-state index in [0.29, 0.717) is 29.6 Å². The molecule has 0 saturated heterocycles. The van der Waals surface area contributed by atoms with Gasteiger partial charge in [0.25, 0.3) is 0 Å². The highest BCUT2D eigenvalue weighted by Crippen LogP contribution is 2.38. The van der Waals surface area contributed by atoms with Crippen molar-refractivity contribution in [1.29, 1.82) is 0 Å². The Bertz CT molecular complexity index is 1420. The molecule has 5 heteroatoms. The van der Waals surface area contributed by atoms with Gasteiger partial charge in [0.2, 0.25) is 0 Å². The number of para-hydroxylation sites is 1. The van der Waals surface area contributed by atoms with E-state index in [9.17, 15) is 0 Å². The van der Waals surface area contributed by atoms with E-state index in [2.05, 4.69) is 34.3 Å². The quantitative estimate of drug-likeness (QED) is 0.336. The van der Waals surface area contributed by atoms with Crippen molar-refractivity contribution < 1.29 is 14.2 Å². The molecule has 0 spiro atoms. The van der Waals surface area contributed by atoms with Crippen molar-refractivity contribution >= 4 is 21.8 Å². The van der Waals surface area contributed by atoms with Crippen molar-refractivity contribution in [2.75, 3.05) is 13.7 Å². The average molecular weight is 437 g/mol. The lowest BCUT2D eigenvalue weighted by Crippen LogP contribution is -2.02. The van der Waals surface area contributed by atoms with Gasteiger partial charge in [-0.2, -0.15) is 0 Å². The molecule has 164 valence electrons. The summed E-state index contributed by atoms with van der Waals surface area (Å²) in [6.45, 7) is 2.39. The van der Waals surface area contributed by atoms with Crippen LogP contribution in [0.15, 0.2) is 90.7 Å². The van der Waals surface area contributed by atoms with Gasteiger partial charge in [-0.15, -0.1) is 0 Å². The largest absolute Gasteiger partial charge is 0.493 e. The van der Waals surface area contributed by atoms with Gasteiger partial charge >= 0.3 is 0 Å². The van der Waals surface area contributed by atoms with Crippen LogP contribution in [0.5, 0.6) is 23.0 Å². The lowest BCUT2D eigenvalue weighted by molar-refractivity contribution is 0.322. The van der Waals surface area contributed by atoms with Gasteiger partial charge in [0.1, 0.15) is 18.1 Å². The Balaban J connectivity index is 1.48. The van der Waals surface area contributed by atoms with E-state index in [1.165, 1.54) is 0 Å². The summed E-state index contributed by atoms with van der Waals surface area (Å²) in [5.74, 6) is 2.66. The molecule has 0 atom stereocenters. The lowest BCUT2D eigenvalue weighted by atomic mass is 10.1. The number of hydrogen-bond acceptors (Lipinski definition) is 5.